The normalized spacial score (nSPS) is 11.8. The molecule has 150 valence electrons. The van der Waals surface area contributed by atoms with Crippen molar-refractivity contribution in [2.24, 2.45) is 11.7 Å². The fourth-order valence-electron chi connectivity index (χ4n) is 2.90. The van der Waals surface area contributed by atoms with Crippen LogP contribution >= 0.6 is 0 Å². The molecule has 0 heterocycles. The number of primary amides is 1. The van der Waals surface area contributed by atoms with Crippen LogP contribution in [0.25, 0.3) is 0 Å². The molecule has 0 aliphatic heterocycles. The summed E-state index contributed by atoms with van der Waals surface area (Å²) in [5.74, 6) is 0.142. The average Bonchev–Trinajstić information content (AvgIpc) is 2.69. The maximum absolute atomic E-state index is 12.8. The Balaban J connectivity index is 2.19. The van der Waals surface area contributed by atoms with Crippen LogP contribution in [-0.2, 0) is 11.2 Å². The number of nitrogens with two attached hydrogens (primary N) is 1. The predicted molar refractivity (Wildman–Crippen MR) is 109 cm³/mol. The number of ether oxygens (including phenoxy) is 2. The molecule has 6 heteroatoms. The Hall–Kier alpha value is -3.02. The molecule has 2 aromatic rings. The van der Waals surface area contributed by atoms with Gasteiger partial charge in [-0.05, 0) is 41.7 Å². The first-order valence-corrected chi connectivity index (χ1v) is 9.34. The Kier molecular flexibility index (Phi) is 7.44. The Morgan fingerprint density at radius 1 is 1.07 bits per heavy atom. The molecule has 0 aromatic heterocycles. The summed E-state index contributed by atoms with van der Waals surface area (Å²) >= 11 is 0. The monoisotopic (exact) mass is 384 g/mol. The molecule has 2 aromatic carbocycles. The van der Waals surface area contributed by atoms with Crippen LogP contribution in [0.4, 0.5) is 0 Å². The van der Waals surface area contributed by atoms with E-state index in [1.807, 2.05) is 0 Å². The second kappa shape index (κ2) is 9.78. The molecular weight excluding hydrogens is 356 g/mol. The molecule has 0 radical (unpaired) electrons. The number of rotatable bonds is 9. The minimum Gasteiger partial charge on any atom is -0.493 e. The molecule has 2 amide bonds. The van der Waals surface area contributed by atoms with E-state index in [-0.39, 0.29) is 24.5 Å². The van der Waals surface area contributed by atoms with Gasteiger partial charge in [0, 0.05) is 5.56 Å². The van der Waals surface area contributed by atoms with Gasteiger partial charge in [-0.15, -0.1) is 0 Å². The van der Waals surface area contributed by atoms with E-state index in [4.69, 9.17) is 15.2 Å². The van der Waals surface area contributed by atoms with Gasteiger partial charge in [0.25, 0.3) is 11.8 Å². The van der Waals surface area contributed by atoms with Crippen LogP contribution in [-0.4, -0.2) is 25.5 Å². The first kappa shape index (κ1) is 21.3. The van der Waals surface area contributed by atoms with Gasteiger partial charge in [0.2, 0.25) is 0 Å². The molecule has 1 unspecified atom stereocenters. The fourth-order valence-corrected chi connectivity index (χ4v) is 2.90. The SMILES string of the molecule is CCc1ccc(C(NC(=O)c2ccc(OCC(N)=O)c(OC)c2)C(C)C)cc1. The van der Waals surface area contributed by atoms with Gasteiger partial charge in [0.15, 0.2) is 18.1 Å². The minimum atomic E-state index is -0.585. The van der Waals surface area contributed by atoms with Crippen molar-refractivity contribution < 1.29 is 19.1 Å². The lowest BCUT2D eigenvalue weighted by Crippen LogP contribution is -2.31. The van der Waals surface area contributed by atoms with E-state index in [1.54, 1.807) is 18.2 Å². The van der Waals surface area contributed by atoms with Gasteiger partial charge < -0.3 is 20.5 Å². The van der Waals surface area contributed by atoms with Crippen molar-refractivity contribution in [1.29, 1.82) is 0 Å². The Morgan fingerprint density at radius 3 is 2.29 bits per heavy atom. The maximum Gasteiger partial charge on any atom is 0.255 e. The first-order chi connectivity index (χ1) is 13.3. The van der Waals surface area contributed by atoms with Crippen molar-refractivity contribution in [2.45, 2.75) is 33.2 Å². The first-order valence-electron chi connectivity index (χ1n) is 9.34. The highest BCUT2D eigenvalue weighted by Gasteiger charge is 2.20. The second-order valence-corrected chi connectivity index (χ2v) is 6.91. The minimum absolute atomic E-state index is 0.116. The summed E-state index contributed by atoms with van der Waals surface area (Å²) in [6.45, 7) is 5.99. The van der Waals surface area contributed by atoms with Crippen LogP contribution < -0.4 is 20.5 Å². The third-order valence-electron chi connectivity index (χ3n) is 4.50. The van der Waals surface area contributed by atoms with E-state index >= 15 is 0 Å². The second-order valence-electron chi connectivity index (χ2n) is 6.91. The van der Waals surface area contributed by atoms with Crippen LogP contribution in [0.15, 0.2) is 42.5 Å². The zero-order chi connectivity index (χ0) is 20.7. The van der Waals surface area contributed by atoms with Gasteiger partial charge in [-0.1, -0.05) is 45.0 Å². The molecular formula is C22H28N2O4. The number of hydrogen-bond donors (Lipinski definition) is 2. The van der Waals surface area contributed by atoms with Gasteiger partial charge in [0.1, 0.15) is 0 Å². The molecule has 0 fully saturated rings. The largest absolute Gasteiger partial charge is 0.493 e. The van der Waals surface area contributed by atoms with Crippen LogP contribution in [0.3, 0.4) is 0 Å². The van der Waals surface area contributed by atoms with E-state index in [1.165, 1.54) is 12.7 Å². The van der Waals surface area contributed by atoms with Crippen LogP contribution in [0, 0.1) is 5.92 Å². The van der Waals surface area contributed by atoms with Crippen molar-refractivity contribution in [1.82, 2.24) is 5.32 Å². The third kappa shape index (κ3) is 5.49. The zero-order valence-electron chi connectivity index (χ0n) is 16.8. The lowest BCUT2D eigenvalue weighted by molar-refractivity contribution is -0.119. The van der Waals surface area contributed by atoms with Crippen molar-refractivity contribution in [2.75, 3.05) is 13.7 Å². The summed E-state index contributed by atoms with van der Waals surface area (Å²) in [5.41, 5.74) is 7.86. The average molecular weight is 384 g/mol. The topological polar surface area (TPSA) is 90.6 Å². The number of benzene rings is 2. The van der Waals surface area contributed by atoms with Crippen LogP contribution in [0.5, 0.6) is 11.5 Å². The van der Waals surface area contributed by atoms with E-state index in [2.05, 4.69) is 50.4 Å². The summed E-state index contributed by atoms with van der Waals surface area (Å²) in [6.07, 6.45) is 0.975. The van der Waals surface area contributed by atoms with Crippen molar-refractivity contribution in [3.8, 4) is 11.5 Å². The Bertz CT molecular complexity index is 816. The number of methoxy groups -OCH3 is 1. The highest BCUT2D eigenvalue weighted by Crippen LogP contribution is 2.29. The summed E-state index contributed by atoms with van der Waals surface area (Å²) in [7, 11) is 1.47. The molecule has 6 nitrogen and oxygen atoms in total. The molecule has 0 saturated heterocycles. The highest BCUT2D eigenvalue weighted by molar-refractivity contribution is 5.95. The molecule has 0 saturated carbocycles. The predicted octanol–water partition coefficient (Wildman–Crippen LogP) is 3.25. The lowest BCUT2D eigenvalue weighted by atomic mass is 9.94. The molecule has 0 spiro atoms. The Labute approximate surface area is 166 Å². The number of carbonyl (C=O) groups is 2. The van der Waals surface area contributed by atoms with Crippen LogP contribution in [0.1, 0.15) is 48.3 Å². The Morgan fingerprint density at radius 2 is 1.75 bits per heavy atom. The summed E-state index contributed by atoms with van der Waals surface area (Å²) in [6, 6.07) is 13.0. The van der Waals surface area contributed by atoms with E-state index < -0.39 is 5.91 Å². The molecule has 2 rings (SSSR count). The van der Waals surface area contributed by atoms with Gasteiger partial charge in [-0.2, -0.15) is 0 Å². The number of hydrogen-bond acceptors (Lipinski definition) is 4. The van der Waals surface area contributed by atoms with E-state index in [9.17, 15) is 9.59 Å². The number of carbonyl (C=O) groups excluding carboxylic acids is 2. The maximum atomic E-state index is 12.8. The standard InChI is InChI=1S/C22H28N2O4/c1-5-15-6-8-16(9-7-15)21(14(2)3)24-22(26)17-10-11-18(19(12-17)27-4)28-13-20(23)25/h6-12,14,21H,5,13H2,1-4H3,(H2,23,25)(H,24,26). The summed E-state index contributed by atoms with van der Waals surface area (Å²) in [5, 5.41) is 3.10. The molecule has 0 bridgehead atoms. The van der Waals surface area contributed by atoms with Crippen LogP contribution in [0.2, 0.25) is 0 Å². The van der Waals surface area contributed by atoms with Crippen molar-refractivity contribution >= 4 is 11.8 Å². The van der Waals surface area contributed by atoms with Gasteiger partial charge in [0.05, 0.1) is 13.2 Å². The summed E-state index contributed by atoms with van der Waals surface area (Å²) < 4.78 is 10.6. The number of amides is 2. The van der Waals surface area contributed by atoms with Crippen molar-refractivity contribution in [3.63, 3.8) is 0 Å². The lowest BCUT2D eigenvalue weighted by Gasteiger charge is -2.23. The van der Waals surface area contributed by atoms with Crippen molar-refractivity contribution in [3.05, 3.63) is 59.2 Å². The quantitative estimate of drug-likeness (QED) is 0.694. The van der Waals surface area contributed by atoms with Gasteiger partial charge in [-0.3, -0.25) is 9.59 Å². The fraction of sp³-hybridized carbons (Fsp3) is 0.364. The molecule has 0 aliphatic carbocycles. The van der Waals surface area contributed by atoms with Gasteiger partial charge in [-0.25, -0.2) is 0 Å². The molecule has 3 N–H and O–H groups in total. The molecule has 1 atom stereocenters. The number of nitrogens with one attached hydrogen (secondary N) is 1. The van der Waals surface area contributed by atoms with Gasteiger partial charge >= 0.3 is 0 Å². The molecule has 0 aliphatic rings. The van der Waals surface area contributed by atoms with E-state index in [0.29, 0.717) is 17.1 Å². The smallest absolute Gasteiger partial charge is 0.255 e. The summed E-state index contributed by atoms with van der Waals surface area (Å²) in [4.78, 5) is 23.7. The highest BCUT2D eigenvalue weighted by atomic mass is 16.5. The molecule has 28 heavy (non-hydrogen) atoms. The number of aryl methyl sites for hydroxylation is 1. The van der Waals surface area contributed by atoms with E-state index in [0.717, 1.165) is 12.0 Å². The third-order valence-corrected chi connectivity index (χ3v) is 4.50. The zero-order valence-corrected chi connectivity index (χ0v) is 16.8.